The molecule has 0 saturated heterocycles. The molecule has 1 aromatic heterocycles. The van der Waals surface area contributed by atoms with E-state index < -0.39 is 0 Å². The standard InChI is InChI=1S/C14H19N3/c1-14(2)7-3-4-11(8-14)17-13-6-5-12(9-15)16-10-13/h5-6,10-11,17H,3-4,7-8H2,1-2H3. The Labute approximate surface area is 103 Å². The monoisotopic (exact) mass is 229 g/mol. The van der Waals surface area contributed by atoms with Crippen molar-refractivity contribution in [3.05, 3.63) is 24.0 Å². The first-order chi connectivity index (χ1) is 8.09. The Morgan fingerprint density at radius 2 is 2.29 bits per heavy atom. The minimum atomic E-state index is 0.440. The number of hydrogen-bond acceptors (Lipinski definition) is 3. The van der Waals surface area contributed by atoms with E-state index in [1.807, 2.05) is 12.1 Å². The van der Waals surface area contributed by atoms with E-state index in [1.165, 1.54) is 25.7 Å². The molecule has 2 rings (SSSR count). The van der Waals surface area contributed by atoms with Gasteiger partial charge in [-0.25, -0.2) is 4.98 Å². The van der Waals surface area contributed by atoms with Gasteiger partial charge in [-0.15, -0.1) is 0 Å². The molecule has 1 aliphatic carbocycles. The van der Waals surface area contributed by atoms with Gasteiger partial charge < -0.3 is 5.32 Å². The third kappa shape index (κ3) is 3.20. The van der Waals surface area contributed by atoms with E-state index in [9.17, 15) is 0 Å². The summed E-state index contributed by atoms with van der Waals surface area (Å²) in [5, 5.41) is 12.2. The van der Waals surface area contributed by atoms with Crippen LogP contribution in [-0.4, -0.2) is 11.0 Å². The van der Waals surface area contributed by atoms with Gasteiger partial charge in [-0.2, -0.15) is 5.26 Å². The van der Waals surface area contributed by atoms with E-state index in [-0.39, 0.29) is 0 Å². The normalized spacial score (nSPS) is 22.8. The SMILES string of the molecule is CC1(C)CCCC(Nc2ccc(C#N)nc2)C1. The molecule has 1 heterocycles. The van der Waals surface area contributed by atoms with Crippen LogP contribution in [0.2, 0.25) is 0 Å². The molecule has 0 aromatic carbocycles. The summed E-state index contributed by atoms with van der Waals surface area (Å²) in [6.45, 7) is 4.66. The van der Waals surface area contributed by atoms with E-state index in [4.69, 9.17) is 5.26 Å². The maximum absolute atomic E-state index is 8.69. The lowest BCUT2D eigenvalue weighted by molar-refractivity contribution is 0.229. The molecule has 3 nitrogen and oxygen atoms in total. The molecule has 17 heavy (non-hydrogen) atoms. The van der Waals surface area contributed by atoms with Crippen LogP contribution in [0, 0.1) is 16.7 Å². The van der Waals surface area contributed by atoms with E-state index >= 15 is 0 Å². The number of nitriles is 1. The largest absolute Gasteiger partial charge is 0.381 e. The molecule has 1 unspecified atom stereocenters. The van der Waals surface area contributed by atoms with Crippen LogP contribution in [0.1, 0.15) is 45.2 Å². The highest BCUT2D eigenvalue weighted by Gasteiger charge is 2.27. The van der Waals surface area contributed by atoms with Gasteiger partial charge >= 0.3 is 0 Å². The van der Waals surface area contributed by atoms with Gasteiger partial charge in [0.2, 0.25) is 0 Å². The van der Waals surface area contributed by atoms with Crippen molar-refractivity contribution in [2.24, 2.45) is 5.41 Å². The average molecular weight is 229 g/mol. The van der Waals surface area contributed by atoms with Crippen molar-refractivity contribution in [3.8, 4) is 6.07 Å². The van der Waals surface area contributed by atoms with Crippen molar-refractivity contribution in [1.29, 1.82) is 5.26 Å². The molecule has 3 heteroatoms. The maximum atomic E-state index is 8.69. The van der Waals surface area contributed by atoms with Crippen LogP contribution in [0.3, 0.4) is 0 Å². The summed E-state index contributed by atoms with van der Waals surface area (Å²) < 4.78 is 0. The summed E-state index contributed by atoms with van der Waals surface area (Å²) in [7, 11) is 0. The van der Waals surface area contributed by atoms with Gasteiger partial charge in [0.25, 0.3) is 0 Å². The van der Waals surface area contributed by atoms with Gasteiger partial charge in [0.05, 0.1) is 11.9 Å². The number of anilines is 1. The molecule has 1 saturated carbocycles. The van der Waals surface area contributed by atoms with Gasteiger partial charge in [-0.3, -0.25) is 0 Å². The van der Waals surface area contributed by atoms with Crippen LogP contribution in [0.25, 0.3) is 0 Å². The van der Waals surface area contributed by atoms with Gasteiger partial charge in [0.15, 0.2) is 0 Å². The quantitative estimate of drug-likeness (QED) is 0.846. The van der Waals surface area contributed by atoms with E-state index in [0.717, 1.165) is 5.69 Å². The van der Waals surface area contributed by atoms with E-state index in [0.29, 0.717) is 17.2 Å². The van der Waals surface area contributed by atoms with Crippen LogP contribution in [0.4, 0.5) is 5.69 Å². The zero-order valence-electron chi connectivity index (χ0n) is 10.5. The lowest BCUT2D eigenvalue weighted by Crippen LogP contribution is -2.31. The number of rotatable bonds is 2. The van der Waals surface area contributed by atoms with Crippen molar-refractivity contribution in [3.63, 3.8) is 0 Å². The Morgan fingerprint density at radius 3 is 2.88 bits per heavy atom. The fraction of sp³-hybridized carbons (Fsp3) is 0.571. The summed E-state index contributed by atoms with van der Waals surface area (Å²) in [5.41, 5.74) is 1.93. The van der Waals surface area contributed by atoms with E-state index in [2.05, 4.69) is 24.1 Å². The van der Waals surface area contributed by atoms with E-state index in [1.54, 1.807) is 12.3 Å². The van der Waals surface area contributed by atoms with Crippen molar-refractivity contribution in [2.75, 3.05) is 5.32 Å². The van der Waals surface area contributed by atoms with Crippen LogP contribution >= 0.6 is 0 Å². The first-order valence-corrected chi connectivity index (χ1v) is 6.22. The molecule has 1 atom stereocenters. The molecule has 1 aliphatic rings. The van der Waals surface area contributed by atoms with Crippen LogP contribution in [-0.2, 0) is 0 Å². The number of hydrogen-bond donors (Lipinski definition) is 1. The highest BCUT2D eigenvalue weighted by molar-refractivity contribution is 5.43. The molecule has 90 valence electrons. The minimum absolute atomic E-state index is 0.440. The summed E-state index contributed by atoms with van der Waals surface area (Å²) in [5.74, 6) is 0. The topological polar surface area (TPSA) is 48.7 Å². The molecule has 0 radical (unpaired) electrons. The minimum Gasteiger partial charge on any atom is -0.381 e. The van der Waals surface area contributed by atoms with Crippen molar-refractivity contribution in [1.82, 2.24) is 4.98 Å². The molecule has 1 fully saturated rings. The molecule has 0 bridgehead atoms. The molecule has 1 N–H and O–H groups in total. The molecule has 1 aromatic rings. The average Bonchev–Trinajstić information content (AvgIpc) is 2.29. The second-order valence-corrected chi connectivity index (χ2v) is 5.65. The predicted octanol–water partition coefficient (Wildman–Crippen LogP) is 3.33. The zero-order valence-corrected chi connectivity index (χ0v) is 10.5. The summed E-state index contributed by atoms with van der Waals surface area (Å²) >= 11 is 0. The highest BCUT2D eigenvalue weighted by atomic mass is 14.9. The summed E-state index contributed by atoms with van der Waals surface area (Å²) in [4.78, 5) is 4.08. The highest BCUT2D eigenvalue weighted by Crippen LogP contribution is 2.36. The summed E-state index contributed by atoms with van der Waals surface area (Å²) in [6, 6.07) is 6.27. The Hall–Kier alpha value is -1.56. The Kier molecular flexibility index (Phi) is 3.33. The van der Waals surface area contributed by atoms with Gasteiger partial charge in [-0.1, -0.05) is 20.3 Å². The zero-order chi connectivity index (χ0) is 12.3. The molecular weight excluding hydrogens is 210 g/mol. The fourth-order valence-electron chi connectivity index (χ4n) is 2.60. The first-order valence-electron chi connectivity index (χ1n) is 6.22. The Morgan fingerprint density at radius 1 is 1.47 bits per heavy atom. The van der Waals surface area contributed by atoms with Crippen molar-refractivity contribution < 1.29 is 0 Å². The van der Waals surface area contributed by atoms with Gasteiger partial charge in [0.1, 0.15) is 11.8 Å². The summed E-state index contributed by atoms with van der Waals surface area (Å²) in [6.07, 6.45) is 6.78. The number of nitrogens with one attached hydrogen (secondary N) is 1. The van der Waals surface area contributed by atoms with Crippen molar-refractivity contribution in [2.45, 2.75) is 45.6 Å². The number of pyridine rings is 1. The molecular formula is C14H19N3. The maximum Gasteiger partial charge on any atom is 0.140 e. The van der Waals surface area contributed by atoms with Crippen molar-refractivity contribution >= 4 is 5.69 Å². The fourth-order valence-corrected chi connectivity index (χ4v) is 2.60. The second-order valence-electron chi connectivity index (χ2n) is 5.65. The first kappa shape index (κ1) is 11.9. The van der Waals surface area contributed by atoms with Crippen LogP contribution in [0.15, 0.2) is 18.3 Å². The van der Waals surface area contributed by atoms with Gasteiger partial charge in [0, 0.05) is 6.04 Å². The predicted molar refractivity (Wildman–Crippen MR) is 68.6 cm³/mol. The number of aromatic nitrogens is 1. The van der Waals surface area contributed by atoms with Crippen LogP contribution < -0.4 is 5.32 Å². The second kappa shape index (κ2) is 4.75. The Bertz CT molecular complexity index is 414. The molecule has 0 spiro atoms. The Balaban J connectivity index is 1.98. The third-order valence-electron chi connectivity index (χ3n) is 3.45. The van der Waals surface area contributed by atoms with Crippen LogP contribution in [0.5, 0.6) is 0 Å². The number of nitrogens with zero attached hydrogens (tertiary/aromatic N) is 2. The lowest BCUT2D eigenvalue weighted by atomic mass is 9.75. The molecule has 0 aliphatic heterocycles. The smallest absolute Gasteiger partial charge is 0.140 e. The lowest BCUT2D eigenvalue weighted by Gasteiger charge is -2.36. The third-order valence-corrected chi connectivity index (χ3v) is 3.45. The molecule has 0 amide bonds. The van der Waals surface area contributed by atoms with Gasteiger partial charge in [-0.05, 0) is 36.8 Å².